The van der Waals surface area contributed by atoms with E-state index in [-0.39, 0.29) is 30.0 Å². The SMILES string of the molecule is O=C(Cc1ccc(Cl)c(F)c1)N1CCNCC1CCO. The normalized spacial score (nSPS) is 19.1. The predicted octanol–water partition coefficient (Wildman–Crippen LogP) is 1.20. The van der Waals surface area contributed by atoms with Gasteiger partial charge < -0.3 is 15.3 Å². The first-order chi connectivity index (χ1) is 9.61. The Hall–Kier alpha value is -1.17. The van der Waals surface area contributed by atoms with E-state index in [1.165, 1.54) is 12.1 Å². The molecule has 2 rings (SSSR count). The van der Waals surface area contributed by atoms with Gasteiger partial charge in [0.05, 0.1) is 11.4 Å². The summed E-state index contributed by atoms with van der Waals surface area (Å²) in [5.41, 5.74) is 0.609. The fourth-order valence-corrected chi connectivity index (χ4v) is 2.54. The molecule has 1 amide bonds. The third-order valence-electron chi connectivity index (χ3n) is 3.47. The molecule has 1 aliphatic heterocycles. The monoisotopic (exact) mass is 300 g/mol. The number of carbonyl (C=O) groups excluding carboxylic acids is 1. The van der Waals surface area contributed by atoms with Gasteiger partial charge in [-0.2, -0.15) is 0 Å². The van der Waals surface area contributed by atoms with Crippen molar-refractivity contribution in [2.75, 3.05) is 26.2 Å². The molecule has 4 nitrogen and oxygen atoms in total. The largest absolute Gasteiger partial charge is 0.396 e. The number of nitrogens with zero attached hydrogens (tertiary/aromatic N) is 1. The average Bonchev–Trinajstić information content (AvgIpc) is 2.44. The number of piperazine rings is 1. The van der Waals surface area contributed by atoms with E-state index < -0.39 is 5.82 Å². The van der Waals surface area contributed by atoms with Crippen LogP contribution in [-0.4, -0.2) is 48.2 Å². The summed E-state index contributed by atoms with van der Waals surface area (Å²) < 4.78 is 13.4. The number of nitrogens with one attached hydrogen (secondary N) is 1. The number of aliphatic hydroxyl groups excluding tert-OH is 1. The molecule has 1 saturated heterocycles. The van der Waals surface area contributed by atoms with Crippen LogP contribution in [0.5, 0.6) is 0 Å². The maximum absolute atomic E-state index is 13.4. The molecule has 1 aromatic rings. The van der Waals surface area contributed by atoms with E-state index in [0.29, 0.717) is 25.1 Å². The lowest BCUT2D eigenvalue weighted by Crippen LogP contribution is -2.54. The minimum atomic E-state index is -0.510. The van der Waals surface area contributed by atoms with Crippen LogP contribution in [0.25, 0.3) is 0 Å². The number of benzene rings is 1. The molecule has 0 bridgehead atoms. The second kappa shape index (κ2) is 7.02. The standard InChI is InChI=1S/C14H18ClFN2O2/c15-12-2-1-10(7-13(12)16)8-14(20)18-5-4-17-9-11(18)3-6-19/h1-2,7,11,17,19H,3-6,8-9H2. The molecule has 1 fully saturated rings. The minimum Gasteiger partial charge on any atom is -0.396 e. The summed E-state index contributed by atoms with van der Waals surface area (Å²) >= 11 is 5.62. The lowest BCUT2D eigenvalue weighted by Gasteiger charge is -2.36. The van der Waals surface area contributed by atoms with Crippen molar-refractivity contribution in [1.29, 1.82) is 0 Å². The van der Waals surface area contributed by atoms with Gasteiger partial charge in [0.2, 0.25) is 5.91 Å². The van der Waals surface area contributed by atoms with E-state index in [1.807, 2.05) is 0 Å². The Balaban J connectivity index is 2.03. The second-order valence-corrected chi connectivity index (χ2v) is 5.29. The average molecular weight is 301 g/mol. The van der Waals surface area contributed by atoms with Crippen molar-refractivity contribution in [2.24, 2.45) is 0 Å². The van der Waals surface area contributed by atoms with Crippen molar-refractivity contribution in [1.82, 2.24) is 10.2 Å². The van der Waals surface area contributed by atoms with Gasteiger partial charge in [0.25, 0.3) is 0 Å². The van der Waals surface area contributed by atoms with Gasteiger partial charge in [-0.3, -0.25) is 4.79 Å². The fraction of sp³-hybridized carbons (Fsp3) is 0.500. The molecule has 1 aliphatic rings. The summed E-state index contributed by atoms with van der Waals surface area (Å²) in [7, 11) is 0. The van der Waals surface area contributed by atoms with E-state index in [1.54, 1.807) is 11.0 Å². The van der Waals surface area contributed by atoms with Crippen LogP contribution in [0, 0.1) is 5.82 Å². The highest BCUT2D eigenvalue weighted by atomic mass is 35.5. The van der Waals surface area contributed by atoms with E-state index >= 15 is 0 Å². The highest BCUT2D eigenvalue weighted by molar-refractivity contribution is 6.30. The molecule has 0 spiro atoms. The summed E-state index contributed by atoms with van der Waals surface area (Å²) in [6, 6.07) is 4.41. The van der Waals surface area contributed by atoms with Crippen LogP contribution in [0.4, 0.5) is 4.39 Å². The van der Waals surface area contributed by atoms with E-state index in [2.05, 4.69) is 5.32 Å². The highest BCUT2D eigenvalue weighted by Crippen LogP contribution is 2.17. The van der Waals surface area contributed by atoms with Crippen molar-refractivity contribution in [3.63, 3.8) is 0 Å². The summed E-state index contributed by atoms with van der Waals surface area (Å²) in [5, 5.41) is 12.3. The van der Waals surface area contributed by atoms with Crippen molar-refractivity contribution < 1.29 is 14.3 Å². The fourth-order valence-electron chi connectivity index (χ4n) is 2.42. The van der Waals surface area contributed by atoms with Crippen molar-refractivity contribution in [2.45, 2.75) is 18.9 Å². The van der Waals surface area contributed by atoms with Crippen molar-refractivity contribution in [3.05, 3.63) is 34.6 Å². The molecule has 6 heteroatoms. The van der Waals surface area contributed by atoms with Crippen LogP contribution in [0.1, 0.15) is 12.0 Å². The molecular weight excluding hydrogens is 283 g/mol. The molecule has 1 heterocycles. The van der Waals surface area contributed by atoms with Gasteiger partial charge in [0.15, 0.2) is 0 Å². The van der Waals surface area contributed by atoms with Crippen molar-refractivity contribution in [3.8, 4) is 0 Å². The third kappa shape index (κ3) is 3.69. The Kier molecular flexibility index (Phi) is 5.34. The Bertz CT molecular complexity index is 482. The Labute approximate surface area is 122 Å². The van der Waals surface area contributed by atoms with E-state index in [4.69, 9.17) is 16.7 Å². The van der Waals surface area contributed by atoms with Gasteiger partial charge in [-0.15, -0.1) is 0 Å². The lowest BCUT2D eigenvalue weighted by molar-refractivity contribution is -0.133. The van der Waals surface area contributed by atoms with Gasteiger partial charge in [-0.25, -0.2) is 4.39 Å². The van der Waals surface area contributed by atoms with Gasteiger partial charge in [-0.05, 0) is 24.1 Å². The number of rotatable bonds is 4. The molecular formula is C14H18ClFN2O2. The molecule has 20 heavy (non-hydrogen) atoms. The molecule has 1 atom stereocenters. The van der Waals surface area contributed by atoms with E-state index in [0.717, 1.165) is 6.54 Å². The van der Waals surface area contributed by atoms with Gasteiger partial charge in [0.1, 0.15) is 5.82 Å². The van der Waals surface area contributed by atoms with Gasteiger partial charge in [-0.1, -0.05) is 17.7 Å². The van der Waals surface area contributed by atoms with Crippen LogP contribution in [-0.2, 0) is 11.2 Å². The lowest BCUT2D eigenvalue weighted by atomic mass is 10.1. The molecule has 0 aromatic heterocycles. The molecule has 0 aliphatic carbocycles. The first-order valence-electron chi connectivity index (χ1n) is 6.67. The Morgan fingerprint density at radius 1 is 1.55 bits per heavy atom. The summed E-state index contributed by atoms with van der Waals surface area (Å²) in [6.45, 7) is 2.08. The first-order valence-corrected chi connectivity index (χ1v) is 7.04. The zero-order valence-corrected chi connectivity index (χ0v) is 11.9. The Morgan fingerprint density at radius 3 is 3.05 bits per heavy atom. The molecule has 2 N–H and O–H groups in total. The van der Waals surface area contributed by atoms with Crippen LogP contribution < -0.4 is 5.32 Å². The number of hydrogen-bond acceptors (Lipinski definition) is 3. The zero-order chi connectivity index (χ0) is 14.5. The van der Waals surface area contributed by atoms with E-state index in [9.17, 15) is 9.18 Å². The number of carbonyl (C=O) groups is 1. The quantitative estimate of drug-likeness (QED) is 0.879. The predicted molar refractivity (Wildman–Crippen MR) is 75.2 cm³/mol. The number of aliphatic hydroxyl groups is 1. The maximum atomic E-state index is 13.4. The van der Waals surface area contributed by atoms with Crippen LogP contribution in [0.15, 0.2) is 18.2 Å². The summed E-state index contributed by atoms with van der Waals surface area (Å²) in [4.78, 5) is 14.1. The van der Waals surface area contributed by atoms with Crippen LogP contribution in [0.2, 0.25) is 5.02 Å². The molecule has 1 aromatic carbocycles. The minimum absolute atomic E-state index is 0.00148. The van der Waals surface area contributed by atoms with Crippen LogP contribution in [0.3, 0.4) is 0 Å². The highest BCUT2D eigenvalue weighted by Gasteiger charge is 2.26. The first kappa shape index (κ1) is 15.2. The maximum Gasteiger partial charge on any atom is 0.227 e. The Morgan fingerprint density at radius 2 is 2.35 bits per heavy atom. The smallest absolute Gasteiger partial charge is 0.227 e. The van der Waals surface area contributed by atoms with Crippen molar-refractivity contribution >= 4 is 17.5 Å². The number of halogens is 2. The van der Waals surface area contributed by atoms with Gasteiger partial charge in [0, 0.05) is 32.3 Å². The number of amides is 1. The summed E-state index contributed by atoms with van der Waals surface area (Å²) in [6.07, 6.45) is 0.698. The molecule has 110 valence electrons. The topological polar surface area (TPSA) is 52.6 Å². The zero-order valence-electron chi connectivity index (χ0n) is 11.1. The third-order valence-corrected chi connectivity index (χ3v) is 3.78. The second-order valence-electron chi connectivity index (χ2n) is 4.88. The summed E-state index contributed by atoms with van der Waals surface area (Å²) in [5.74, 6) is -0.559. The molecule has 0 saturated carbocycles. The number of hydrogen-bond donors (Lipinski definition) is 2. The molecule has 0 radical (unpaired) electrons. The molecule has 1 unspecified atom stereocenters. The van der Waals surface area contributed by atoms with Crippen LogP contribution >= 0.6 is 11.6 Å². The van der Waals surface area contributed by atoms with Gasteiger partial charge >= 0.3 is 0 Å².